The Hall–Kier alpha value is -1.12. The van der Waals surface area contributed by atoms with E-state index in [0.717, 1.165) is 12.0 Å². The summed E-state index contributed by atoms with van der Waals surface area (Å²) >= 11 is 2.88. The molecule has 0 radical (unpaired) electrons. The molecule has 2 rings (SSSR count). The van der Waals surface area contributed by atoms with Gasteiger partial charge in [0, 0.05) is 0 Å². The predicted molar refractivity (Wildman–Crippen MR) is 77.1 cm³/mol. The summed E-state index contributed by atoms with van der Waals surface area (Å²) in [4.78, 5) is 14.1. The first-order valence-corrected chi connectivity index (χ1v) is 7.33. The summed E-state index contributed by atoms with van der Waals surface area (Å²) in [7, 11) is 0. The molecule has 102 valence electrons. The van der Waals surface area contributed by atoms with Crippen molar-refractivity contribution in [1.29, 1.82) is 0 Å². The van der Waals surface area contributed by atoms with Crippen molar-refractivity contribution >= 4 is 26.2 Å². The molecule has 1 saturated heterocycles. The van der Waals surface area contributed by atoms with Crippen molar-refractivity contribution in [2.75, 3.05) is 6.54 Å². The van der Waals surface area contributed by atoms with Gasteiger partial charge in [-0.2, -0.15) is 0 Å². The Kier molecular flexibility index (Phi) is 4.12. The zero-order chi connectivity index (χ0) is 14.0. The first-order valence-electron chi connectivity index (χ1n) is 6.48. The summed E-state index contributed by atoms with van der Waals surface area (Å²) in [6.07, 6.45) is 0.835. The summed E-state index contributed by atoms with van der Waals surface area (Å²) in [5.74, 6) is 0.0670. The van der Waals surface area contributed by atoms with Gasteiger partial charge in [-0.15, -0.1) is 0 Å². The summed E-state index contributed by atoms with van der Waals surface area (Å²) in [6.45, 7) is 6.62. The van der Waals surface area contributed by atoms with Crippen LogP contribution in [0.25, 0.3) is 0 Å². The van der Waals surface area contributed by atoms with Crippen LogP contribution >= 0.6 is 0 Å². The number of benzene rings is 1. The second kappa shape index (κ2) is 5.48. The molecule has 1 atom stereocenters. The van der Waals surface area contributed by atoms with Crippen LogP contribution in [0.1, 0.15) is 38.7 Å². The molecule has 0 aromatic heterocycles. The number of hydrogen-bond acceptors (Lipinski definition) is 2. The molecule has 1 amide bonds. The van der Waals surface area contributed by atoms with E-state index in [-0.39, 0.29) is 17.4 Å². The van der Waals surface area contributed by atoms with Gasteiger partial charge in [0.2, 0.25) is 0 Å². The number of nitrogens with zero attached hydrogens (tertiary/aromatic N) is 1. The first-order chi connectivity index (χ1) is 8.88. The van der Waals surface area contributed by atoms with Crippen molar-refractivity contribution in [2.24, 2.45) is 0 Å². The summed E-state index contributed by atoms with van der Waals surface area (Å²) in [5, 5.41) is 0. The van der Waals surface area contributed by atoms with Crippen LogP contribution in [-0.2, 0) is 9.53 Å². The van der Waals surface area contributed by atoms with E-state index in [9.17, 15) is 4.79 Å². The van der Waals surface area contributed by atoms with E-state index >= 15 is 0 Å². The fraction of sp³-hybridized carbons (Fsp3) is 0.467. The number of carbonyl (C=O) groups is 1. The van der Waals surface area contributed by atoms with Crippen molar-refractivity contribution in [3.8, 4) is 0 Å². The van der Waals surface area contributed by atoms with Gasteiger partial charge in [-0.1, -0.05) is 0 Å². The molecule has 4 heteroatoms. The molecule has 3 nitrogen and oxygen atoms in total. The van der Waals surface area contributed by atoms with Gasteiger partial charge >= 0.3 is 122 Å². The van der Waals surface area contributed by atoms with Gasteiger partial charge in [-0.25, -0.2) is 0 Å². The Bertz CT molecular complexity index is 479. The van der Waals surface area contributed by atoms with Gasteiger partial charge in [0.1, 0.15) is 0 Å². The van der Waals surface area contributed by atoms with Crippen molar-refractivity contribution in [3.63, 3.8) is 0 Å². The third-order valence-electron chi connectivity index (χ3n) is 3.02. The number of carbonyl (C=O) groups excluding carboxylic acids is 1. The Morgan fingerprint density at radius 3 is 2.53 bits per heavy atom. The van der Waals surface area contributed by atoms with Gasteiger partial charge in [0.05, 0.1) is 0 Å². The fourth-order valence-electron chi connectivity index (χ4n) is 2.17. The molecule has 1 aromatic carbocycles. The van der Waals surface area contributed by atoms with Crippen LogP contribution in [0, 0.1) is 0 Å². The molecule has 0 N–H and O–H groups in total. The SMILES string of the molecule is CC(C)(C)OC(=[Se])N1CCC(c2ccccc2)C1=O. The maximum atomic E-state index is 12.4. The number of rotatable bonds is 3. The molecule has 0 spiro atoms. The van der Waals surface area contributed by atoms with Gasteiger partial charge in [-0.05, 0) is 0 Å². The minimum absolute atomic E-state index is 0.0480. The molecule has 1 aliphatic rings. The molecular weight excluding hydrogens is 305 g/mol. The van der Waals surface area contributed by atoms with Gasteiger partial charge in [0.15, 0.2) is 0 Å². The van der Waals surface area contributed by atoms with Gasteiger partial charge < -0.3 is 0 Å². The Balaban J connectivity index is 2.08. The summed E-state index contributed by atoms with van der Waals surface area (Å²) in [5.41, 5.74) is 0.782. The van der Waals surface area contributed by atoms with E-state index in [4.69, 9.17) is 4.74 Å². The van der Waals surface area contributed by atoms with Gasteiger partial charge in [-0.3, -0.25) is 0 Å². The van der Waals surface area contributed by atoms with Crippen LogP contribution in [0.2, 0.25) is 0 Å². The van der Waals surface area contributed by atoms with E-state index in [2.05, 4.69) is 15.6 Å². The number of amides is 1. The van der Waals surface area contributed by atoms with Crippen LogP contribution in [0.5, 0.6) is 0 Å². The fourth-order valence-corrected chi connectivity index (χ4v) is 3.08. The topological polar surface area (TPSA) is 29.5 Å². The van der Waals surface area contributed by atoms with Crippen LogP contribution < -0.4 is 0 Å². The molecule has 19 heavy (non-hydrogen) atoms. The standard InChI is InChI=1S/C15H19NO2Se/c1-15(2,3)18-14(19)16-10-9-12(13(16)17)11-7-5-4-6-8-11/h4-8,12H,9-10H2,1-3H3. The molecule has 1 unspecified atom stereocenters. The zero-order valence-corrected chi connectivity index (χ0v) is 13.3. The molecular formula is C15H19NO2Se. The van der Waals surface area contributed by atoms with E-state index in [1.54, 1.807) is 4.90 Å². The van der Waals surface area contributed by atoms with E-state index < -0.39 is 0 Å². The van der Waals surface area contributed by atoms with E-state index in [1.807, 2.05) is 51.1 Å². The average Bonchev–Trinajstić information content (AvgIpc) is 2.70. The zero-order valence-electron chi connectivity index (χ0n) is 11.6. The Morgan fingerprint density at radius 2 is 1.95 bits per heavy atom. The number of likely N-dealkylation sites (tertiary alicyclic amines) is 1. The Morgan fingerprint density at radius 1 is 1.32 bits per heavy atom. The van der Waals surface area contributed by atoms with Crippen molar-refractivity contribution in [1.82, 2.24) is 4.90 Å². The van der Waals surface area contributed by atoms with E-state index in [1.165, 1.54) is 0 Å². The van der Waals surface area contributed by atoms with E-state index in [0.29, 0.717) is 11.3 Å². The number of ether oxygens (including phenoxy) is 1. The van der Waals surface area contributed by atoms with Crippen LogP contribution in [-0.4, -0.2) is 43.3 Å². The number of hydrogen-bond donors (Lipinski definition) is 0. The quantitative estimate of drug-likeness (QED) is 0.797. The molecule has 1 fully saturated rings. The monoisotopic (exact) mass is 325 g/mol. The maximum absolute atomic E-state index is 12.4. The first kappa shape index (κ1) is 14.3. The third kappa shape index (κ3) is 3.46. The predicted octanol–water partition coefficient (Wildman–Crippen LogP) is 2.07. The molecule has 0 aliphatic carbocycles. The van der Waals surface area contributed by atoms with Crippen molar-refractivity contribution < 1.29 is 9.53 Å². The normalized spacial score (nSPS) is 19.6. The molecule has 0 bridgehead atoms. The molecule has 1 aromatic rings. The minimum atomic E-state index is -0.300. The van der Waals surface area contributed by atoms with Crippen molar-refractivity contribution in [2.45, 2.75) is 38.7 Å². The average molecular weight is 324 g/mol. The second-order valence-corrected chi connectivity index (χ2v) is 6.45. The van der Waals surface area contributed by atoms with Crippen LogP contribution in [0.3, 0.4) is 0 Å². The van der Waals surface area contributed by atoms with Gasteiger partial charge in [0.25, 0.3) is 0 Å². The molecule has 1 heterocycles. The summed E-state index contributed by atoms with van der Waals surface area (Å²) in [6, 6.07) is 9.93. The van der Waals surface area contributed by atoms with Crippen LogP contribution in [0.15, 0.2) is 30.3 Å². The van der Waals surface area contributed by atoms with Crippen LogP contribution in [0.4, 0.5) is 0 Å². The second-order valence-electron chi connectivity index (χ2n) is 5.72. The third-order valence-corrected chi connectivity index (χ3v) is 3.66. The molecule has 1 aliphatic heterocycles. The molecule has 0 saturated carbocycles. The Labute approximate surface area is 122 Å². The summed E-state index contributed by atoms with van der Waals surface area (Å²) < 4.78 is 6.32. The van der Waals surface area contributed by atoms with Crippen molar-refractivity contribution in [3.05, 3.63) is 35.9 Å².